The van der Waals surface area contributed by atoms with Gasteiger partial charge in [-0.25, -0.2) is 4.98 Å². The van der Waals surface area contributed by atoms with Crippen molar-refractivity contribution in [3.8, 4) is 0 Å². The third-order valence-electron chi connectivity index (χ3n) is 3.56. The average molecular weight is 337 g/mol. The molecule has 1 aromatic heterocycles. The molecule has 0 saturated carbocycles. The summed E-state index contributed by atoms with van der Waals surface area (Å²) in [6.07, 6.45) is 1.77. The quantitative estimate of drug-likeness (QED) is 0.915. The Balaban J connectivity index is 2.03. The number of benzene rings is 1. The first kappa shape index (κ1) is 13.8. The number of anilines is 1. The van der Waals surface area contributed by atoms with Gasteiger partial charge in [-0.3, -0.25) is 0 Å². The molecule has 2 unspecified atom stereocenters. The second-order valence-corrected chi connectivity index (χ2v) is 5.98. The first-order valence-corrected chi connectivity index (χ1v) is 7.53. The molecule has 2 aromatic rings. The van der Waals surface area contributed by atoms with Gasteiger partial charge in [0.1, 0.15) is 5.82 Å². The Labute approximate surface area is 126 Å². The maximum atomic E-state index is 9.35. The molecule has 1 aliphatic rings. The van der Waals surface area contributed by atoms with Gasteiger partial charge >= 0.3 is 0 Å². The zero-order chi connectivity index (χ0) is 14.1. The highest BCUT2D eigenvalue weighted by Gasteiger charge is 2.26. The van der Waals surface area contributed by atoms with Crippen molar-refractivity contribution in [1.29, 1.82) is 0 Å². The van der Waals surface area contributed by atoms with E-state index in [4.69, 9.17) is 4.74 Å². The second-order valence-electron chi connectivity index (χ2n) is 5.13. The molecule has 106 valence electrons. The van der Waals surface area contributed by atoms with Gasteiger partial charge in [0, 0.05) is 34.5 Å². The highest BCUT2D eigenvalue weighted by molar-refractivity contribution is 9.10. The van der Waals surface area contributed by atoms with E-state index in [1.54, 1.807) is 0 Å². The number of morpholine rings is 1. The normalized spacial score (nSPS) is 23.2. The van der Waals surface area contributed by atoms with E-state index >= 15 is 0 Å². The molecule has 5 heteroatoms. The molecule has 20 heavy (non-hydrogen) atoms. The fourth-order valence-electron chi connectivity index (χ4n) is 2.72. The second kappa shape index (κ2) is 5.68. The topological polar surface area (TPSA) is 45.6 Å². The number of rotatable bonds is 2. The molecule has 3 rings (SSSR count). The largest absolute Gasteiger partial charge is 0.394 e. The Hall–Kier alpha value is -1.17. The molecule has 1 fully saturated rings. The lowest BCUT2D eigenvalue weighted by Gasteiger charge is -2.37. The molecule has 0 radical (unpaired) electrons. The number of fused-ring (bicyclic) bond motifs is 1. The third-order valence-corrected chi connectivity index (χ3v) is 4.25. The maximum absolute atomic E-state index is 9.35. The zero-order valence-corrected chi connectivity index (χ0v) is 12.9. The summed E-state index contributed by atoms with van der Waals surface area (Å²) in [5.41, 5.74) is 0. The lowest BCUT2D eigenvalue weighted by atomic mass is 10.1. The number of aliphatic hydroxyl groups excluding tert-OH is 1. The molecule has 1 saturated heterocycles. The first-order valence-electron chi connectivity index (χ1n) is 6.73. The van der Waals surface area contributed by atoms with Gasteiger partial charge in [0.15, 0.2) is 0 Å². The molecule has 2 atom stereocenters. The molecule has 1 N–H and O–H groups in total. The molecule has 0 aliphatic carbocycles. The number of aliphatic hydroxyl groups is 1. The first-order chi connectivity index (χ1) is 9.69. The third kappa shape index (κ3) is 2.53. The Morgan fingerprint density at radius 3 is 3.00 bits per heavy atom. The fraction of sp³-hybridized carbons (Fsp3) is 0.400. The molecular weight excluding hydrogens is 320 g/mol. The summed E-state index contributed by atoms with van der Waals surface area (Å²) in [5.74, 6) is 0.956. The molecule has 1 aliphatic heterocycles. The molecule has 4 nitrogen and oxygen atoms in total. The van der Waals surface area contributed by atoms with Crippen molar-refractivity contribution in [2.45, 2.75) is 19.1 Å². The molecule has 0 bridgehead atoms. The van der Waals surface area contributed by atoms with Crippen molar-refractivity contribution in [3.05, 3.63) is 34.9 Å². The number of ether oxygens (including phenoxy) is 1. The van der Waals surface area contributed by atoms with E-state index in [1.165, 1.54) is 0 Å². The molecule has 0 amide bonds. The van der Waals surface area contributed by atoms with Crippen molar-refractivity contribution in [1.82, 2.24) is 4.98 Å². The summed E-state index contributed by atoms with van der Waals surface area (Å²) in [4.78, 5) is 6.74. The van der Waals surface area contributed by atoms with Crippen molar-refractivity contribution < 1.29 is 9.84 Å². The summed E-state index contributed by atoms with van der Waals surface area (Å²) in [5, 5.41) is 11.6. The molecular formula is C15H17BrN2O2. The number of halogens is 1. The van der Waals surface area contributed by atoms with Crippen LogP contribution >= 0.6 is 15.9 Å². The number of pyridine rings is 1. The minimum absolute atomic E-state index is 0.0370. The van der Waals surface area contributed by atoms with Crippen LogP contribution < -0.4 is 4.90 Å². The van der Waals surface area contributed by atoms with Crippen LogP contribution in [0.25, 0.3) is 10.8 Å². The van der Waals surface area contributed by atoms with Crippen LogP contribution in [0.3, 0.4) is 0 Å². The highest BCUT2D eigenvalue weighted by atomic mass is 79.9. The van der Waals surface area contributed by atoms with Crippen LogP contribution in [0.5, 0.6) is 0 Å². The van der Waals surface area contributed by atoms with E-state index in [-0.39, 0.29) is 18.8 Å². The van der Waals surface area contributed by atoms with Crippen LogP contribution in [0.15, 0.2) is 34.9 Å². The predicted molar refractivity (Wildman–Crippen MR) is 83.1 cm³/mol. The van der Waals surface area contributed by atoms with Gasteiger partial charge in [-0.1, -0.05) is 28.1 Å². The van der Waals surface area contributed by atoms with E-state index in [9.17, 15) is 5.11 Å². The molecule has 1 aromatic carbocycles. The summed E-state index contributed by atoms with van der Waals surface area (Å²) < 4.78 is 6.76. The van der Waals surface area contributed by atoms with Crippen molar-refractivity contribution in [3.63, 3.8) is 0 Å². The number of hydrogen-bond acceptors (Lipinski definition) is 4. The Bertz CT molecular complexity index is 620. The number of aromatic nitrogens is 1. The zero-order valence-electron chi connectivity index (χ0n) is 11.3. The summed E-state index contributed by atoms with van der Waals surface area (Å²) >= 11 is 3.58. The van der Waals surface area contributed by atoms with Crippen LogP contribution in [-0.4, -0.2) is 42.0 Å². The van der Waals surface area contributed by atoms with Crippen LogP contribution in [0.2, 0.25) is 0 Å². The number of hydrogen-bond donors (Lipinski definition) is 1. The van der Waals surface area contributed by atoms with Crippen molar-refractivity contribution in [2.75, 3.05) is 24.6 Å². The summed E-state index contributed by atoms with van der Waals surface area (Å²) in [6.45, 7) is 3.51. The standard InChI is InChI=1S/C15H17BrN2O2/c1-10-7-18(8-11(9-19)20-10)15-13-3-2-4-14(16)12(13)5-6-17-15/h2-6,10-11,19H,7-9H2,1H3. The van der Waals surface area contributed by atoms with Gasteiger partial charge in [-0.05, 0) is 19.1 Å². The Kier molecular flexibility index (Phi) is 3.92. The maximum Gasteiger partial charge on any atom is 0.136 e. The monoisotopic (exact) mass is 336 g/mol. The highest BCUT2D eigenvalue weighted by Crippen LogP contribution is 2.31. The minimum atomic E-state index is -0.150. The van der Waals surface area contributed by atoms with Crippen molar-refractivity contribution in [2.24, 2.45) is 0 Å². The Morgan fingerprint density at radius 1 is 1.35 bits per heavy atom. The SMILES string of the molecule is CC1CN(c2nccc3c(Br)cccc23)CC(CO)O1. The van der Waals surface area contributed by atoms with E-state index in [0.29, 0.717) is 6.54 Å². The Morgan fingerprint density at radius 2 is 2.20 bits per heavy atom. The fourth-order valence-corrected chi connectivity index (χ4v) is 3.22. The summed E-state index contributed by atoms with van der Waals surface area (Å²) in [7, 11) is 0. The average Bonchev–Trinajstić information content (AvgIpc) is 2.46. The van der Waals surface area contributed by atoms with E-state index in [1.807, 2.05) is 31.3 Å². The molecule has 0 spiro atoms. The van der Waals surface area contributed by atoms with Gasteiger partial charge in [0.25, 0.3) is 0 Å². The van der Waals surface area contributed by atoms with Gasteiger partial charge in [0.05, 0.1) is 18.8 Å². The van der Waals surface area contributed by atoms with Crippen LogP contribution in [-0.2, 0) is 4.74 Å². The van der Waals surface area contributed by atoms with Crippen LogP contribution in [0.4, 0.5) is 5.82 Å². The lowest BCUT2D eigenvalue weighted by molar-refractivity contribution is -0.0422. The molecule has 2 heterocycles. The van der Waals surface area contributed by atoms with Gasteiger partial charge in [-0.2, -0.15) is 0 Å². The predicted octanol–water partition coefficient (Wildman–Crippen LogP) is 2.58. The van der Waals surface area contributed by atoms with E-state index in [2.05, 4.69) is 31.9 Å². The van der Waals surface area contributed by atoms with Crippen LogP contribution in [0.1, 0.15) is 6.92 Å². The number of nitrogens with zero attached hydrogens (tertiary/aromatic N) is 2. The minimum Gasteiger partial charge on any atom is -0.394 e. The van der Waals surface area contributed by atoms with Gasteiger partial charge < -0.3 is 14.7 Å². The van der Waals surface area contributed by atoms with Gasteiger partial charge in [-0.15, -0.1) is 0 Å². The van der Waals surface area contributed by atoms with Crippen LogP contribution in [0, 0.1) is 0 Å². The van der Waals surface area contributed by atoms with E-state index < -0.39 is 0 Å². The van der Waals surface area contributed by atoms with Gasteiger partial charge in [0.2, 0.25) is 0 Å². The van der Waals surface area contributed by atoms with E-state index in [0.717, 1.165) is 27.6 Å². The lowest BCUT2D eigenvalue weighted by Crippen LogP contribution is -2.48. The smallest absolute Gasteiger partial charge is 0.136 e. The van der Waals surface area contributed by atoms with Crippen molar-refractivity contribution >= 4 is 32.5 Å². The summed E-state index contributed by atoms with van der Waals surface area (Å²) in [6, 6.07) is 8.14.